The summed E-state index contributed by atoms with van der Waals surface area (Å²) in [5, 5.41) is 8.45. The summed E-state index contributed by atoms with van der Waals surface area (Å²) in [4.78, 5) is 12.0. The third-order valence-electron chi connectivity index (χ3n) is 4.19. The van der Waals surface area contributed by atoms with Crippen LogP contribution in [0.1, 0.15) is 18.4 Å². The van der Waals surface area contributed by atoms with Crippen LogP contribution in [0.15, 0.2) is 24.3 Å². The molecule has 0 saturated carbocycles. The average Bonchev–Trinajstić information content (AvgIpc) is 2.54. The quantitative estimate of drug-likeness (QED) is 0.769. The van der Waals surface area contributed by atoms with Gasteiger partial charge in [-0.15, -0.1) is 0 Å². The molecule has 5 nitrogen and oxygen atoms in total. The summed E-state index contributed by atoms with van der Waals surface area (Å²) < 4.78 is 43.3. The van der Waals surface area contributed by atoms with Gasteiger partial charge in [0.2, 0.25) is 0 Å². The summed E-state index contributed by atoms with van der Waals surface area (Å²) in [7, 11) is 1.62. The Bertz CT molecular complexity index is 552. The van der Waals surface area contributed by atoms with E-state index in [1.165, 1.54) is 12.1 Å². The number of hydrogen-bond donors (Lipinski definition) is 3. The smallest absolute Gasteiger partial charge is 0.384 e. The molecule has 8 heteroatoms. The second kappa shape index (κ2) is 7.85. The number of alkyl halides is 3. The third kappa shape index (κ3) is 5.10. The van der Waals surface area contributed by atoms with E-state index in [0.29, 0.717) is 13.2 Å². The Morgan fingerprint density at radius 2 is 2.04 bits per heavy atom. The zero-order valence-electron chi connectivity index (χ0n) is 13.5. The highest BCUT2D eigenvalue weighted by Gasteiger charge is 2.33. The molecule has 0 aromatic heterocycles. The van der Waals surface area contributed by atoms with Gasteiger partial charge in [0.15, 0.2) is 0 Å². The van der Waals surface area contributed by atoms with E-state index >= 15 is 0 Å². The lowest BCUT2D eigenvalue weighted by molar-refractivity contribution is -0.137. The lowest BCUT2D eigenvalue weighted by Gasteiger charge is -2.37. The fourth-order valence-corrected chi connectivity index (χ4v) is 2.85. The molecule has 134 valence electrons. The summed E-state index contributed by atoms with van der Waals surface area (Å²) in [6.45, 7) is 2.63. The second-order valence-electron chi connectivity index (χ2n) is 6.07. The van der Waals surface area contributed by atoms with E-state index in [2.05, 4.69) is 16.0 Å². The van der Waals surface area contributed by atoms with E-state index in [-0.39, 0.29) is 11.1 Å². The van der Waals surface area contributed by atoms with Gasteiger partial charge < -0.3 is 20.7 Å². The zero-order chi connectivity index (χ0) is 17.6. The molecule has 24 heavy (non-hydrogen) atoms. The van der Waals surface area contributed by atoms with Gasteiger partial charge in [0.1, 0.15) is 0 Å². The van der Waals surface area contributed by atoms with E-state index in [1.54, 1.807) is 7.11 Å². The van der Waals surface area contributed by atoms with Crippen molar-refractivity contribution in [1.82, 2.24) is 10.6 Å². The van der Waals surface area contributed by atoms with Crippen molar-refractivity contribution in [2.24, 2.45) is 5.41 Å². The number of urea groups is 1. The van der Waals surface area contributed by atoms with Crippen LogP contribution in [0.5, 0.6) is 0 Å². The maximum Gasteiger partial charge on any atom is 0.416 e. The normalized spacial score (nSPS) is 17.3. The number of anilines is 1. The summed E-state index contributed by atoms with van der Waals surface area (Å²) >= 11 is 0. The summed E-state index contributed by atoms with van der Waals surface area (Å²) in [6.07, 6.45) is -2.71. The van der Waals surface area contributed by atoms with Crippen molar-refractivity contribution in [1.29, 1.82) is 0 Å². The van der Waals surface area contributed by atoms with Crippen molar-refractivity contribution in [2.75, 3.05) is 38.7 Å². The van der Waals surface area contributed by atoms with Crippen LogP contribution in [0, 0.1) is 5.41 Å². The first-order valence-corrected chi connectivity index (χ1v) is 7.76. The molecular formula is C16H22F3N3O2. The first-order valence-electron chi connectivity index (χ1n) is 7.76. The maximum absolute atomic E-state index is 12.7. The van der Waals surface area contributed by atoms with E-state index in [1.807, 2.05) is 0 Å². The Morgan fingerprint density at radius 3 is 2.67 bits per heavy atom. The predicted octanol–water partition coefficient (Wildman–Crippen LogP) is 2.84. The van der Waals surface area contributed by atoms with Gasteiger partial charge in [-0.3, -0.25) is 0 Å². The topological polar surface area (TPSA) is 62.4 Å². The molecule has 0 spiro atoms. The van der Waals surface area contributed by atoms with Gasteiger partial charge >= 0.3 is 12.2 Å². The number of carbonyl (C=O) groups is 1. The van der Waals surface area contributed by atoms with Crippen LogP contribution in [0.2, 0.25) is 0 Å². The molecule has 0 aliphatic carbocycles. The molecule has 0 unspecified atom stereocenters. The Hall–Kier alpha value is -1.80. The summed E-state index contributed by atoms with van der Waals surface area (Å²) in [5.41, 5.74) is -0.839. The van der Waals surface area contributed by atoms with E-state index in [9.17, 15) is 18.0 Å². The molecule has 2 amide bonds. The van der Waals surface area contributed by atoms with E-state index in [4.69, 9.17) is 4.74 Å². The highest BCUT2D eigenvalue weighted by atomic mass is 19.4. The fourth-order valence-electron chi connectivity index (χ4n) is 2.85. The number of rotatable bonds is 5. The van der Waals surface area contributed by atoms with Crippen LogP contribution in [-0.4, -0.2) is 39.4 Å². The molecule has 0 atom stereocenters. The highest BCUT2D eigenvalue weighted by molar-refractivity contribution is 5.89. The van der Waals surface area contributed by atoms with Crippen molar-refractivity contribution in [3.05, 3.63) is 29.8 Å². The summed E-state index contributed by atoms with van der Waals surface area (Å²) in [5.74, 6) is 0. The van der Waals surface area contributed by atoms with Crippen LogP contribution < -0.4 is 16.0 Å². The number of amides is 2. The van der Waals surface area contributed by atoms with Crippen molar-refractivity contribution in [3.8, 4) is 0 Å². The molecule has 1 aliphatic heterocycles. The second-order valence-corrected chi connectivity index (χ2v) is 6.07. The first kappa shape index (κ1) is 18.5. The van der Waals surface area contributed by atoms with Gasteiger partial charge in [-0.2, -0.15) is 13.2 Å². The zero-order valence-corrected chi connectivity index (χ0v) is 13.5. The standard InChI is InChI=1S/C16H22F3N3O2/c1-24-11-15(5-7-20-8-6-15)10-21-14(23)22-13-4-2-3-12(9-13)16(17,18)19/h2-4,9,20H,5-8,10-11H2,1H3,(H2,21,22,23). The van der Waals surface area contributed by atoms with Gasteiger partial charge in [-0.25, -0.2) is 4.79 Å². The van der Waals surface area contributed by atoms with Crippen LogP contribution >= 0.6 is 0 Å². The molecule has 1 heterocycles. The van der Waals surface area contributed by atoms with Crippen LogP contribution in [0.4, 0.5) is 23.7 Å². The average molecular weight is 345 g/mol. The molecule has 0 bridgehead atoms. The lowest BCUT2D eigenvalue weighted by Crippen LogP contribution is -2.48. The van der Waals surface area contributed by atoms with Gasteiger partial charge in [-0.05, 0) is 44.1 Å². The van der Waals surface area contributed by atoms with E-state index < -0.39 is 17.8 Å². The first-order chi connectivity index (χ1) is 11.3. The maximum atomic E-state index is 12.7. The molecule has 1 aromatic carbocycles. The van der Waals surface area contributed by atoms with Crippen molar-refractivity contribution < 1.29 is 22.7 Å². The van der Waals surface area contributed by atoms with Crippen LogP contribution in [0.3, 0.4) is 0 Å². The monoisotopic (exact) mass is 345 g/mol. The van der Waals surface area contributed by atoms with Crippen molar-refractivity contribution in [2.45, 2.75) is 19.0 Å². The SMILES string of the molecule is COCC1(CNC(=O)Nc2cccc(C(F)(F)F)c2)CCNCC1. The van der Waals surface area contributed by atoms with E-state index in [0.717, 1.165) is 38.1 Å². The van der Waals surface area contributed by atoms with Crippen molar-refractivity contribution >= 4 is 11.7 Å². The number of halogens is 3. The number of carbonyl (C=O) groups excluding carboxylic acids is 1. The Labute approximate surface area is 138 Å². The molecular weight excluding hydrogens is 323 g/mol. The molecule has 0 radical (unpaired) electrons. The van der Waals surface area contributed by atoms with Crippen molar-refractivity contribution in [3.63, 3.8) is 0 Å². The number of ether oxygens (including phenoxy) is 1. The van der Waals surface area contributed by atoms with Gasteiger partial charge in [0.05, 0.1) is 12.2 Å². The molecule has 1 aromatic rings. The molecule has 2 rings (SSSR count). The number of nitrogens with one attached hydrogen (secondary N) is 3. The van der Waals surface area contributed by atoms with Gasteiger partial charge in [0.25, 0.3) is 0 Å². The molecule has 1 aliphatic rings. The molecule has 1 fully saturated rings. The van der Waals surface area contributed by atoms with Crippen LogP contribution in [0.25, 0.3) is 0 Å². The van der Waals surface area contributed by atoms with Gasteiger partial charge in [-0.1, -0.05) is 6.07 Å². The van der Waals surface area contributed by atoms with Crippen LogP contribution in [-0.2, 0) is 10.9 Å². The number of methoxy groups -OCH3 is 1. The highest BCUT2D eigenvalue weighted by Crippen LogP contribution is 2.31. The Kier molecular flexibility index (Phi) is 6.06. The Morgan fingerprint density at radius 1 is 1.33 bits per heavy atom. The Balaban J connectivity index is 1.93. The largest absolute Gasteiger partial charge is 0.416 e. The molecule has 3 N–H and O–H groups in total. The number of piperidine rings is 1. The minimum absolute atomic E-state index is 0.105. The minimum Gasteiger partial charge on any atom is -0.384 e. The minimum atomic E-state index is -4.44. The molecule has 1 saturated heterocycles. The summed E-state index contributed by atoms with van der Waals surface area (Å²) in [6, 6.07) is 4.03. The van der Waals surface area contributed by atoms with Gasteiger partial charge in [0, 0.05) is 24.8 Å². The number of benzene rings is 1. The number of hydrogen-bond acceptors (Lipinski definition) is 3. The lowest BCUT2D eigenvalue weighted by atomic mass is 9.79. The fraction of sp³-hybridized carbons (Fsp3) is 0.562. The predicted molar refractivity (Wildman–Crippen MR) is 84.9 cm³/mol. The third-order valence-corrected chi connectivity index (χ3v) is 4.19.